The van der Waals surface area contributed by atoms with Crippen molar-refractivity contribution < 1.29 is 9.53 Å². The van der Waals surface area contributed by atoms with Crippen LogP contribution < -0.4 is 10.1 Å². The van der Waals surface area contributed by atoms with Gasteiger partial charge in [0.25, 0.3) is 0 Å². The van der Waals surface area contributed by atoms with E-state index in [1.165, 1.54) is 29.5 Å². The number of carbonyl (C=O) groups is 1. The van der Waals surface area contributed by atoms with Crippen LogP contribution >= 0.6 is 23.1 Å². The monoisotopic (exact) mass is 495 g/mol. The summed E-state index contributed by atoms with van der Waals surface area (Å²) in [6.45, 7) is 3.94. The molecule has 9 heteroatoms. The molecule has 0 fully saturated rings. The fourth-order valence-corrected chi connectivity index (χ4v) is 6.13. The summed E-state index contributed by atoms with van der Waals surface area (Å²) >= 11 is 2.88. The molecule has 1 amide bonds. The van der Waals surface area contributed by atoms with Gasteiger partial charge in [0.1, 0.15) is 16.8 Å². The predicted octanol–water partition coefficient (Wildman–Crippen LogP) is 5.59. The summed E-state index contributed by atoms with van der Waals surface area (Å²) in [4.78, 5) is 14.0. The number of para-hydroxylation sites is 1. The van der Waals surface area contributed by atoms with Crippen molar-refractivity contribution in [2.45, 2.75) is 63.6 Å². The number of aromatic nitrogens is 3. The molecule has 2 aromatic heterocycles. The minimum absolute atomic E-state index is 0.149. The van der Waals surface area contributed by atoms with E-state index in [1.807, 2.05) is 49.7 Å². The highest BCUT2D eigenvalue weighted by Gasteiger charge is 2.22. The molecule has 0 radical (unpaired) electrons. The van der Waals surface area contributed by atoms with Crippen LogP contribution in [0.4, 0.5) is 5.00 Å². The van der Waals surface area contributed by atoms with Crippen LogP contribution in [0.1, 0.15) is 66.1 Å². The first-order chi connectivity index (χ1) is 16.5. The Bertz CT molecular complexity index is 1210. The van der Waals surface area contributed by atoms with Gasteiger partial charge in [0.15, 0.2) is 17.1 Å². The molecule has 0 bridgehead atoms. The van der Waals surface area contributed by atoms with E-state index in [0.29, 0.717) is 21.5 Å². The van der Waals surface area contributed by atoms with E-state index in [0.717, 1.165) is 42.6 Å². The van der Waals surface area contributed by atoms with Gasteiger partial charge in [0.2, 0.25) is 5.91 Å². The smallest absolute Gasteiger partial charge is 0.235 e. The van der Waals surface area contributed by atoms with Crippen molar-refractivity contribution in [3.8, 4) is 11.8 Å². The Morgan fingerprint density at radius 1 is 1.26 bits per heavy atom. The minimum Gasteiger partial charge on any atom is -0.482 e. The van der Waals surface area contributed by atoms with Gasteiger partial charge < -0.3 is 14.6 Å². The average molecular weight is 496 g/mol. The number of hydrogen-bond acceptors (Lipinski definition) is 7. The molecule has 7 nitrogen and oxygen atoms in total. The summed E-state index contributed by atoms with van der Waals surface area (Å²) < 4.78 is 7.93. The number of nitrogens with one attached hydrogen (secondary N) is 1. The number of amides is 1. The summed E-state index contributed by atoms with van der Waals surface area (Å²) in [5, 5.41) is 22.6. The lowest BCUT2D eigenvalue weighted by Gasteiger charge is -2.15. The lowest BCUT2D eigenvalue weighted by atomic mass is 9.97. The van der Waals surface area contributed by atoms with Gasteiger partial charge in [-0.1, -0.05) is 42.8 Å². The van der Waals surface area contributed by atoms with E-state index in [-0.39, 0.29) is 17.8 Å². The van der Waals surface area contributed by atoms with E-state index in [4.69, 9.17) is 4.74 Å². The van der Waals surface area contributed by atoms with E-state index in [9.17, 15) is 10.1 Å². The van der Waals surface area contributed by atoms with E-state index in [2.05, 4.69) is 21.6 Å². The number of aryl methyl sites for hydroxylation is 2. The van der Waals surface area contributed by atoms with Crippen molar-refractivity contribution in [3.05, 3.63) is 51.7 Å². The normalized spacial score (nSPS) is 14.4. The first kappa shape index (κ1) is 24.3. The molecular formula is C25H29N5O2S2. The molecular weight excluding hydrogens is 466 g/mol. The third-order valence-electron chi connectivity index (χ3n) is 6.00. The zero-order chi connectivity index (χ0) is 24.1. The fraction of sp³-hybridized carbons (Fsp3) is 0.440. The van der Waals surface area contributed by atoms with E-state index < -0.39 is 0 Å². The molecule has 0 spiro atoms. The average Bonchev–Trinajstić information content (AvgIpc) is 3.32. The molecule has 4 rings (SSSR count). The molecule has 1 atom stereocenters. The standard InChI is InChI=1S/C25H29N5O2S2/c1-16-10-8-9-12-20(16)32-17(2)23-28-29-25(30(23)3)33-15-22(31)27-24-19(14-26)18-11-6-4-5-7-13-21(18)34-24/h8-10,12,17H,4-7,11,13,15H2,1-3H3,(H,27,31). The van der Waals surface area contributed by atoms with Gasteiger partial charge in [0, 0.05) is 11.9 Å². The molecule has 2 heterocycles. The number of thioether (sulfide) groups is 1. The molecule has 0 saturated carbocycles. The summed E-state index contributed by atoms with van der Waals surface area (Å²) in [5.74, 6) is 1.54. The summed E-state index contributed by atoms with van der Waals surface area (Å²) in [5.41, 5.74) is 2.83. The van der Waals surface area contributed by atoms with Crippen LogP contribution in [0.15, 0.2) is 29.4 Å². The maximum absolute atomic E-state index is 12.7. The molecule has 1 aromatic carbocycles. The largest absolute Gasteiger partial charge is 0.482 e. The van der Waals surface area contributed by atoms with E-state index >= 15 is 0 Å². The van der Waals surface area contributed by atoms with Crippen molar-refractivity contribution in [3.63, 3.8) is 0 Å². The first-order valence-electron chi connectivity index (χ1n) is 11.6. The summed E-state index contributed by atoms with van der Waals surface area (Å²) in [6.07, 6.45) is 6.29. The van der Waals surface area contributed by atoms with Crippen LogP contribution in [0.3, 0.4) is 0 Å². The Kier molecular flexibility index (Phi) is 7.91. The molecule has 1 unspecified atom stereocenters. The Morgan fingerprint density at radius 2 is 2.03 bits per heavy atom. The topological polar surface area (TPSA) is 92.8 Å². The fourth-order valence-electron chi connectivity index (χ4n) is 4.16. The van der Waals surface area contributed by atoms with Crippen molar-refractivity contribution in [1.82, 2.24) is 14.8 Å². The number of fused-ring (bicyclic) bond motifs is 1. The SMILES string of the molecule is Cc1ccccc1OC(C)c1nnc(SCC(=O)Nc2sc3c(c2C#N)CCCCCC3)n1C. The van der Waals surface area contributed by atoms with Crippen LogP contribution in [0, 0.1) is 18.3 Å². The van der Waals surface area contributed by atoms with Crippen molar-refractivity contribution in [1.29, 1.82) is 5.26 Å². The maximum Gasteiger partial charge on any atom is 0.235 e. The summed E-state index contributed by atoms with van der Waals surface area (Å²) in [7, 11) is 1.88. The minimum atomic E-state index is -0.287. The van der Waals surface area contributed by atoms with Crippen molar-refractivity contribution >= 4 is 34.0 Å². The van der Waals surface area contributed by atoms with Crippen molar-refractivity contribution in [2.75, 3.05) is 11.1 Å². The second-order valence-corrected chi connectivity index (χ2v) is 10.5. The van der Waals surface area contributed by atoms with Gasteiger partial charge in [0.05, 0.1) is 11.3 Å². The molecule has 178 valence electrons. The number of ether oxygens (including phenoxy) is 1. The lowest BCUT2D eigenvalue weighted by Crippen LogP contribution is -2.15. The number of rotatable bonds is 7. The van der Waals surface area contributed by atoms with Gasteiger partial charge in [-0.05, 0) is 56.7 Å². The van der Waals surface area contributed by atoms with Gasteiger partial charge in [-0.3, -0.25) is 4.79 Å². The van der Waals surface area contributed by atoms with Crippen molar-refractivity contribution in [2.24, 2.45) is 7.05 Å². The second-order valence-electron chi connectivity index (χ2n) is 8.50. The third kappa shape index (κ3) is 5.45. The molecule has 1 aliphatic carbocycles. The lowest BCUT2D eigenvalue weighted by molar-refractivity contribution is -0.113. The van der Waals surface area contributed by atoms with Crippen LogP contribution in [0.25, 0.3) is 0 Å². The molecule has 1 N–H and O–H groups in total. The Labute approximate surface area is 208 Å². The number of carbonyl (C=O) groups excluding carboxylic acids is 1. The van der Waals surface area contributed by atoms with Crippen LogP contribution in [-0.4, -0.2) is 26.4 Å². The first-order valence-corrected chi connectivity index (χ1v) is 13.4. The predicted molar refractivity (Wildman–Crippen MR) is 135 cm³/mol. The second kappa shape index (κ2) is 11.1. The van der Waals surface area contributed by atoms with Crippen LogP contribution in [-0.2, 0) is 24.7 Å². The molecule has 0 saturated heterocycles. The number of thiophene rings is 1. The maximum atomic E-state index is 12.7. The highest BCUT2D eigenvalue weighted by atomic mass is 32.2. The van der Waals surface area contributed by atoms with E-state index in [1.54, 1.807) is 11.3 Å². The number of anilines is 1. The van der Waals surface area contributed by atoms with Crippen LogP contribution in [0.5, 0.6) is 5.75 Å². The number of hydrogen-bond donors (Lipinski definition) is 1. The molecule has 1 aliphatic rings. The van der Waals surface area contributed by atoms with Gasteiger partial charge in [-0.25, -0.2) is 0 Å². The third-order valence-corrected chi connectivity index (χ3v) is 8.23. The Balaban J connectivity index is 1.39. The molecule has 3 aromatic rings. The van der Waals surface area contributed by atoms with Gasteiger partial charge in [-0.15, -0.1) is 21.5 Å². The highest BCUT2D eigenvalue weighted by Crippen LogP contribution is 2.36. The Hall–Kier alpha value is -2.83. The zero-order valence-electron chi connectivity index (χ0n) is 19.8. The molecule has 0 aliphatic heterocycles. The zero-order valence-corrected chi connectivity index (χ0v) is 21.4. The number of nitrogens with zero attached hydrogens (tertiary/aromatic N) is 4. The van der Waals surface area contributed by atoms with Gasteiger partial charge in [-0.2, -0.15) is 5.26 Å². The molecule has 34 heavy (non-hydrogen) atoms. The quantitative estimate of drug-likeness (QED) is 0.430. The van der Waals surface area contributed by atoms with Crippen LogP contribution in [0.2, 0.25) is 0 Å². The summed E-state index contributed by atoms with van der Waals surface area (Å²) in [6, 6.07) is 10.2. The Morgan fingerprint density at radius 3 is 2.79 bits per heavy atom. The number of benzene rings is 1. The van der Waals surface area contributed by atoms with Gasteiger partial charge >= 0.3 is 0 Å². The highest BCUT2D eigenvalue weighted by molar-refractivity contribution is 7.99. The number of nitriles is 1.